The lowest BCUT2D eigenvalue weighted by Gasteiger charge is -2.32. The number of rotatable bonds is 3. The summed E-state index contributed by atoms with van der Waals surface area (Å²) in [7, 11) is -3.06. The molecule has 1 aromatic heterocycles. The topological polar surface area (TPSA) is 66.6 Å². The fraction of sp³-hybridized carbons (Fsp3) is 0.538. The number of sulfonamides is 1. The molecule has 0 aliphatic carbocycles. The largest absolute Gasteiger partial charge is 0.320 e. The van der Waals surface area contributed by atoms with E-state index in [0.717, 1.165) is 25.2 Å². The van der Waals surface area contributed by atoms with Crippen LogP contribution in [0, 0.1) is 11.8 Å². The van der Waals surface area contributed by atoms with E-state index in [0.29, 0.717) is 19.6 Å². The van der Waals surface area contributed by atoms with E-state index < -0.39 is 10.0 Å². The first-order valence-corrected chi connectivity index (χ1v) is 9.16. The van der Waals surface area contributed by atoms with Crippen LogP contribution in [0.3, 0.4) is 0 Å². The lowest BCUT2D eigenvalue weighted by molar-refractivity contribution is 0.183. The van der Waals surface area contributed by atoms with Crippen molar-refractivity contribution in [2.75, 3.05) is 39.0 Å². The molecule has 1 aliphatic heterocycles. The molecule has 0 bridgehead atoms. The first-order valence-electron chi connectivity index (χ1n) is 6.43. The Labute approximate surface area is 124 Å². The van der Waals surface area contributed by atoms with Crippen molar-refractivity contribution in [2.24, 2.45) is 5.73 Å². The van der Waals surface area contributed by atoms with Crippen LogP contribution in [0.2, 0.25) is 0 Å². The number of nitrogens with two attached hydrogens (primary N) is 1. The molecule has 0 amide bonds. The standard InChI is InChI=1S/C13H19N3O2S2/c1-20(17,18)16-8-6-15(7-9-16)11-13-12(3-2-5-14)4-10-19-13/h4,10H,5-9,11,14H2,1H3. The van der Waals surface area contributed by atoms with Gasteiger partial charge in [0.2, 0.25) is 10.0 Å². The zero-order valence-corrected chi connectivity index (χ0v) is 13.1. The molecule has 7 heteroatoms. The zero-order chi connectivity index (χ0) is 14.6. The molecule has 110 valence electrons. The fourth-order valence-electron chi connectivity index (χ4n) is 2.14. The average Bonchev–Trinajstić information content (AvgIpc) is 2.83. The van der Waals surface area contributed by atoms with E-state index in [1.807, 2.05) is 11.4 Å². The lowest BCUT2D eigenvalue weighted by atomic mass is 10.2. The van der Waals surface area contributed by atoms with Gasteiger partial charge in [-0.1, -0.05) is 11.8 Å². The Balaban J connectivity index is 1.95. The molecular formula is C13H19N3O2S2. The van der Waals surface area contributed by atoms with Crippen molar-refractivity contribution in [3.63, 3.8) is 0 Å². The lowest BCUT2D eigenvalue weighted by Crippen LogP contribution is -2.47. The van der Waals surface area contributed by atoms with Gasteiger partial charge in [-0.15, -0.1) is 11.3 Å². The van der Waals surface area contributed by atoms with Gasteiger partial charge in [0.15, 0.2) is 0 Å². The van der Waals surface area contributed by atoms with Crippen LogP contribution in [-0.4, -0.2) is 56.6 Å². The molecule has 20 heavy (non-hydrogen) atoms. The van der Waals surface area contributed by atoms with Crippen molar-refractivity contribution >= 4 is 21.4 Å². The highest BCUT2D eigenvalue weighted by molar-refractivity contribution is 7.88. The molecule has 0 aromatic carbocycles. The third-order valence-electron chi connectivity index (χ3n) is 3.24. The maximum absolute atomic E-state index is 11.5. The predicted octanol–water partition coefficient (Wildman–Crippen LogP) is 0.136. The van der Waals surface area contributed by atoms with Crippen molar-refractivity contribution < 1.29 is 8.42 Å². The monoisotopic (exact) mass is 313 g/mol. The number of thiophene rings is 1. The van der Waals surface area contributed by atoms with Crippen LogP contribution in [-0.2, 0) is 16.6 Å². The summed E-state index contributed by atoms with van der Waals surface area (Å²) in [5.41, 5.74) is 6.43. The van der Waals surface area contributed by atoms with Crippen molar-refractivity contribution in [3.05, 3.63) is 21.9 Å². The molecule has 1 aliphatic rings. The fourth-order valence-corrected chi connectivity index (χ4v) is 3.84. The molecule has 0 atom stereocenters. The highest BCUT2D eigenvalue weighted by atomic mass is 32.2. The van der Waals surface area contributed by atoms with Crippen LogP contribution < -0.4 is 5.73 Å². The molecule has 0 saturated carbocycles. The Hall–Kier alpha value is -0.910. The normalized spacial score (nSPS) is 17.7. The minimum absolute atomic E-state index is 0.363. The predicted molar refractivity (Wildman–Crippen MR) is 81.9 cm³/mol. The molecule has 0 radical (unpaired) electrons. The number of piperazine rings is 1. The minimum atomic E-state index is -3.06. The third-order valence-corrected chi connectivity index (χ3v) is 5.45. The highest BCUT2D eigenvalue weighted by Crippen LogP contribution is 2.19. The maximum atomic E-state index is 11.5. The SMILES string of the molecule is CS(=O)(=O)N1CCN(Cc2sccc2C#CCN)CC1. The summed E-state index contributed by atoms with van der Waals surface area (Å²) < 4.78 is 24.5. The first kappa shape index (κ1) is 15.5. The van der Waals surface area contributed by atoms with E-state index in [1.165, 1.54) is 15.4 Å². The molecule has 0 unspecified atom stereocenters. The summed E-state index contributed by atoms with van der Waals surface area (Å²) >= 11 is 1.68. The Morgan fingerprint density at radius 3 is 2.65 bits per heavy atom. The molecule has 2 N–H and O–H groups in total. The summed E-state index contributed by atoms with van der Waals surface area (Å²) in [6.45, 7) is 3.83. The van der Waals surface area contributed by atoms with Crippen molar-refractivity contribution in [1.82, 2.24) is 9.21 Å². The van der Waals surface area contributed by atoms with Gasteiger partial charge in [0.25, 0.3) is 0 Å². The van der Waals surface area contributed by atoms with Crippen molar-refractivity contribution in [1.29, 1.82) is 0 Å². The smallest absolute Gasteiger partial charge is 0.211 e. The Morgan fingerprint density at radius 2 is 2.05 bits per heavy atom. The van der Waals surface area contributed by atoms with Gasteiger partial charge in [-0.25, -0.2) is 8.42 Å². The minimum Gasteiger partial charge on any atom is -0.320 e. The summed E-state index contributed by atoms with van der Waals surface area (Å²) in [5, 5.41) is 2.03. The summed E-state index contributed by atoms with van der Waals surface area (Å²) in [6.07, 6.45) is 1.27. The van der Waals surface area contributed by atoms with Gasteiger partial charge < -0.3 is 5.73 Å². The second kappa shape index (κ2) is 6.70. The van der Waals surface area contributed by atoms with Gasteiger partial charge in [-0.3, -0.25) is 4.90 Å². The van der Waals surface area contributed by atoms with E-state index in [4.69, 9.17) is 5.73 Å². The molecule has 1 aromatic rings. The van der Waals surface area contributed by atoms with Crippen LogP contribution in [0.5, 0.6) is 0 Å². The van der Waals surface area contributed by atoms with E-state index in [2.05, 4.69) is 16.7 Å². The van der Waals surface area contributed by atoms with Gasteiger partial charge in [0.05, 0.1) is 12.8 Å². The Morgan fingerprint density at radius 1 is 1.35 bits per heavy atom. The van der Waals surface area contributed by atoms with E-state index in [1.54, 1.807) is 11.3 Å². The Bertz CT molecular complexity index is 605. The second-order valence-electron chi connectivity index (χ2n) is 4.70. The molecular weight excluding hydrogens is 294 g/mol. The molecule has 0 spiro atoms. The zero-order valence-electron chi connectivity index (χ0n) is 11.5. The van der Waals surface area contributed by atoms with Crippen LogP contribution in [0.15, 0.2) is 11.4 Å². The summed E-state index contributed by atoms with van der Waals surface area (Å²) in [5.74, 6) is 5.95. The van der Waals surface area contributed by atoms with Crippen LogP contribution in [0.4, 0.5) is 0 Å². The third kappa shape index (κ3) is 4.04. The quantitative estimate of drug-likeness (QED) is 0.806. The van der Waals surface area contributed by atoms with Crippen LogP contribution in [0.1, 0.15) is 10.4 Å². The van der Waals surface area contributed by atoms with Crippen LogP contribution in [0.25, 0.3) is 0 Å². The maximum Gasteiger partial charge on any atom is 0.211 e. The highest BCUT2D eigenvalue weighted by Gasteiger charge is 2.23. The van der Waals surface area contributed by atoms with Gasteiger partial charge in [0, 0.05) is 43.2 Å². The van der Waals surface area contributed by atoms with Crippen molar-refractivity contribution in [2.45, 2.75) is 6.54 Å². The van der Waals surface area contributed by atoms with E-state index in [-0.39, 0.29) is 0 Å². The van der Waals surface area contributed by atoms with Gasteiger partial charge in [0.1, 0.15) is 0 Å². The Kier molecular flexibility index (Phi) is 5.18. The molecule has 1 fully saturated rings. The first-order chi connectivity index (χ1) is 9.50. The van der Waals surface area contributed by atoms with E-state index in [9.17, 15) is 8.42 Å². The molecule has 5 nitrogen and oxygen atoms in total. The van der Waals surface area contributed by atoms with Crippen molar-refractivity contribution in [3.8, 4) is 11.8 Å². The van der Waals surface area contributed by atoms with Crippen LogP contribution >= 0.6 is 11.3 Å². The molecule has 2 rings (SSSR count). The number of hydrogen-bond donors (Lipinski definition) is 1. The molecule has 1 saturated heterocycles. The average molecular weight is 313 g/mol. The van der Waals surface area contributed by atoms with Gasteiger partial charge in [-0.05, 0) is 11.4 Å². The van der Waals surface area contributed by atoms with Gasteiger partial charge in [-0.2, -0.15) is 4.31 Å². The molecule has 2 heterocycles. The summed E-state index contributed by atoms with van der Waals surface area (Å²) in [6, 6.07) is 2.01. The second-order valence-corrected chi connectivity index (χ2v) is 7.68. The van der Waals surface area contributed by atoms with Gasteiger partial charge >= 0.3 is 0 Å². The van der Waals surface area contributed by atoms with E-state index >= 15 is 0 Å². The number of nitrogens with zero attached hydrogens (tertiary/aromatic N) is 2. The summed E-state index contributed by atoms with van der Waals surface area (Å²) in [4.78, 5) is 3.49. The number of hydrogen-bond acceptors (Lipinski definition) is 5.